The molecule has 0 bridgehead atoms. The van der Waals surface area contributed by atoms with Gasteiger partial charge in [-0.05, 0) is 36.4 Å². The molecule has 0 saturated heterocycles. The molecule has 0 saturated carbocycles. The number of para-hydroxylation sites is 1. The van der Waals surface area contributed by atoms with E-state index < -0.39 is 0 Å². The molecule has 0 aliphatic rings. The van der Waals surface area contributed by atoms with Gasteiger partial charge in [-0.2, -0.15) is 0 Å². The third kappa shape index (κ3) is 3.13. The van der Waals surface area contributed by atoms with Crippen LogP contribution in [0.25, 0.3) is 11.3 Å². The molecule has 2 heterocycles. The smallest absolute Gasteiger partial charge is 0.274 e. The van der Waals surface area contributed by atoms with Crippen molar-refractivity contribution in [2.75, 3.05) is 5.32 Å². The summed E-state index contributed by atoms with van der Waals surface area (Å²) >= 11 is 6.10. The van der Waals surface area contributed by atoms with Crippen LogP contribution in [0.4, 0.5) is 5.69 Å². The quantitative estimate of drug-likeness (QED) is 0.794. The number of nitrogens with one attached hydrogen (secondary N) is 1. The highest BCUT2D eigenvalue weighted by atomic mass is 35.5. The molecule has 0 fully saturated rings. The van der Waals surface area contributed by atoms with Crippen molar-refractivity contribution in [1.82, 2.24) is 9.97 Å². The number of aromatic nitrogens is 2. The van der Waals surface area contributed by atoms with Gasteiger partial charge in [-0.25, -0.2) is 0 Å². The standard InChI is InChI=1S/C17H12ClN3O/c18-14-7-4-10-19-16(14)12-8-9-15(20-11-12)17(22)21-13-5-2-1-3-6-13/h1-11H,(H,21,22). The fourth-order valence-corrected chi connectivity index (χ4v) is 2.21. The second-order valence-electron chi connectivity index (χ2n) is 4.59. The first-order valence-corrected chi connectivity index (χ1v) is 7.05. The second-order valence-corrected chi connectivity index (χ2v) is 4.99. The minimum atomic E-state index is -0.259. The summed E-state index contributed by atoms with van der Waals surface area (Å²) in [5.41, 5.74) is 2.47. The number of halogens is 1. The Kier molecular flexibility index (Phi) is 4.12. The molecule has 0 aliphatic carbocycles. The number of anilines is 1. The van der Waals surface area contributed by atoms with Crippen LogP contribution in [0.15, 0.2) is 67.0 Å². The van der Waals surface area contributed by atoms with Crippen LogP contribution in [0.5, 0.6) is 0 Å². The Morgan fingerprint density at radius 2 is 1.77 bits per heavy atom. The number of pyridine rings is 2. The molecule has 1 amide bonds. The third-order valence-electron chi connectivity index (χ3n) is 3.06. The number of amides is 1. The van der Waals surface area contributed by atoms with E-state index in [9.17, 15) is 4.79 Å². The molecule has 0 radical (unpaired) electrons. The highest BCUT2D eigenvalue weighted by molar-refractivity contribution is 6.33. The van der Waals surface area contributed by atoms with E-state index in [1.165, 1.54) is 0 Å². The molecule has 3 rings (SSSR count). The SMILES string of the molecule is O=C(Nc1ccccc1)c1ccc(-c2ncccc2Cl)cn1. The van der Waals surface area contributed by atoms with Crippen LogP contribution in [-0.2, 0) is 0 Å². The largest absolute Gasteiger partial charge is 0.321 e. The summed E-state index contributed by atoms with van der Waals surface area (Å²) in [6, 6.07) is 16.2. The molecule has 0 spiro atoms. The Morgan fingerprint density at radius 1 is 0.955 bits per heavy atom. The van der Waals surface area contributed by atoms with Gasteiger partial charge in [-0.3, -0.25) is 14.8 Å². The van der Waals surface area contributed by atoms with E-state index in [4.69, 9.17) is 11.6 Å². The van der Waals surface area contributed by atoms with Crippen LogP contribution in [-0.4, -0.2) is 15.9 Å². The van der Waals surface area contributed by atoms with Gasteiger partial charge in [0, 0.05) is 23.6 Å². The van der Waals surface area contributed by atoms with Gasteiger partial charge in [0.05, 0.1) is 10.7 Å². The van der Waals surface area contributed by atoms with Gasteiger partial charge in [0.25, 0.3) is 5.91 Å². The fraction of sp³-hybridized carbons (Fsp3) is 0. The molecule has 3 aromatic rings. The Bertz CT molecular complexity index is 789. The van der Waals surface area contributed by atoms with Crippen LogP contribution < -0.4 is 5.32 Å². The lowest BCUT2D eigenvalue weighted by Crippen LogP contribution is -2.13. The lowest BCUT2D eigenvalue weighted by Gasteiger charge is -2.06. The fourth-order valence-electron chi connectivity index (χ4n) is 1.98. The van der Waals surface area contributed by atoms with Crippen LogP contribution in [0.2, 0.25) is 5.02 Å². The first kappa shape index (κ1) is 14.2. The van der Waals surface area contributed by atoms with Crippen molar-refractivity contribution in [1.29, 1.82) is 0 Å². The molecule has 4 nitrogen and oxygen atoms in total. The van der Waals surface area contributed by atoms with Gasteiger partial charge in [-0.1, -0.05) is 29.8 Å². The predicted molar refractivity (Wildman–Crippen MR) is 86.9 cm³/mol. The maximum absolute atomic E-state index is 12.1. The Morgan fingerprint density at radius 3 is 2.45 bits per heavy atom. The third-order valence-corrected chi connectivity index (χ3v) is 3.36. The highest BCUT2D eigenvalue weighted by Crippen LogP contribution is 2.24. The number of hydrogen-bond acceptors (Lipinski definition) is 3. The zero-order valence-electron chi connectivity index (χ0n) is 11.5. The van der Waals surface area contributed by atoms with Crippen LogP contribution in [0.1, 0.15) is 10.5 Å². The van der Waals surface area contributed by atoms with Gasteiger partial charge in [0.1, 0.15) is 5.69 Å². The minimum Gasteiger partial charge on any atom is -0.321 e. The van der Waals surface area contributed by atoms with Gasteiger partial charge >= 0.3 is 0 Å². The predicted octanol–water partition coefficient (Wildman–Crippen LogP) is 4.05. The number of carbonyl (C=O) groups excluding carboxylic acids is 1. The van der Waals surface area contributed by atoms with Gasteiger partial charge in [0.15, 0.2) is 0 Å². The van der Waals surface area contributed by atoms with Crippen molar-refractivity contribution >= 4 is 23.2 Å². The highest BCUT2D eigenvalue weighted by Gasteiger charge is 2.09. The summed E-state index contributed by atoms with van der Waals surface area (Å²) in [5.74, 6) is -0.259. The number of rotatable bonds is 3. The van der Waals surface area contributed by atoms with Crippen molar-refractivity contribution in [2.24, 2.45) is 0 Å². The zero-order valence-corrected chi connectivity index (χ0v) is 12.3. The Labute approximate surface area is 132 Å². The van der Waals surface area contributed by atoms with E-state index >= 15 is 0 Å². The number of nitrogens with zero attached hydrogens (tertiary/aromatic N) is 2. The Hall–Kier alpha value is -2.72. The van der Waals surface area contributed by atoms with Gasteiger partial charge < -0.3 is 5.32 Å². The zero-order chi connectivity index (χ0) is 15.4. The van der Waals surface area contributed by atoms with E-state index in [2.05, 4.69) is 15.3 Å². The topological polar surface area (TPSA) is 54.9 Å². The summed E-state index contributed by atoms with van der Waals surface area (Å²) in [4.78, 5) is 20.5. The molecule has 0 unspecified atom stereocenters. The molecule has 22 heavy (non-hydrogen) atoms. The van der Waals surface area contributed by atoms with E-state index in [-0.39, 0.29) is 5.91 Å². The molecule has 1 aromatic carbocycles. The maximum Gasteiger partial charge on any atom is 0.274 e. The molecule has 2 aromatic heterocycles. The maximum atomic E-state index is 12.1. The van der Waals surface area contributed by atoms with Crippen molar-refractivity contribution in [3.05, 3.63) is 77.7 Å². The van der Waals surface area contributed by atoms with Crippen molar-refractivity contribution < 1.29 is 4.79 Å². The van der Waals surface area contributed by atoms with Gasteiger partial charge in [0.2, 0.25) is 0 Å². The summed E-state index contributed by atoms with van der Waals surface area (Å²) in [5, 5.41) is 3.33. The minimum absolute atomic E-state index is 0.259. The molecule has 5 heteroatoms. The van der Waals surface area contributed by atoms with E-state index in [1.54, 1.807) is 36.7 Å². The van der Waals surface area contributed by atoms with Crippen LogP contribution >= 0.6 is 11.6 Å². The molecule has 0 aliphatic heterocycles. The van der Waals surface area contributed by atoms with E-state index in [0.29, 0.717) is 16.4 Å². The molecule has 1 N–H and O–H groups in total. The first-order chi connectivity index (χ1) is 10.7. The van der Waals surface area contributed by atoms with E-state index in [0.717, 1.165) is 11.3 Å². The molecule has 108 valence electrons. The summed E-state index contributed by atoms with van der Waals surface area (Å²) < 4.78 is 0. The van der Waals surface area contributed by atoms with Crippen molar-refractivity contribution in [3.63, 3.8) is 0 Å². The van der Waals surface area contributed by atoms with Crippen molar-refractivity contribution in [2.45, 2.75) is 0 Å². The average Bonchev–Trinajstić information content (AvgIpc) is 2.56. The molecular formula is C17H12ClN3O. The Balaban J connectivity index is 1.80. The summed E-state index contributed by atoms with van der Waals surface area (Å²) in [6.07, 6.45) is 3.26. The van der Waals surface area contributed by atoms with Gasteiger partial charge in [-0.15, -0.1) is 0 Å². The average molecular weight is 310 g/mol. The van der Waals surface area contributed by atoms with Crippen LogP contribution in [0, 0.1) is 0 Å². The number of carbonyl (C=O) groups is 1. The summed E-state index contributed by atoms with van der Waals surface area (Å²) in [6.45, 7) is 0. The normalized spacial score (nSPS) is 10.2. The van der Waals surface area contributed by atoms with Crippen molar-refractivity contribution in [3.8, 4) is 11.3 Å². The number of benzene rings is 1. The summed E-state index contributed by atoms with van der Waals surface area (Å²) in [7, 11) is 0. The second kappa shape index (κ2) is 6.37. The lowest BCUT2D eigenvalue weighted by molar-refractivity contribution is 0.102. The lowest BCUT2D eigenvalue weighted by atomic mass is 10.1. The molecular weight excluding hydrogens is 298 g/mol. The van der Waals surface area contributed by atoms with E-state index in [1.807, 2.05) is 30.3 Å². The van der Waals surface area contributed by atoms with Crippen LogP contribution in [0.3, 0.4) is 0 Å². The number of hydrogen-bond donors (Lipinski definition) is 1. The first-order valence-electron chi connectivity index (χ1n) is 6.67. The molecule has 0 atom stereocenters. The monoisotopic (exact) mass is 309 g/mol.